The first-order valence-electron chi connectivity index (χ1n) is 10.7. The number of hydrazine groups is 1. The average Bonchev–Trinajstić information content (AvgIpc) is 3.18. The fourth-order valence-electron chi connectivity index (χ4n) is 3.72. The largest absolute Gasteiger partial charge is 0.455 e. The standard InChI is InChI=1S/C24H22BrN5O4/c1-14-21-18(27-29-23(32)16-11-17(25)13-26-12-16)8-5-9-19(21)34-22(14)24(33)30-28-20(31)10-15-6-3-2-4-7-15/h2-4,6-7,11-13H,5,8-10H2,1H3,(H,28,31)(H,29,32)(H,30,33)/b27-18+. The highest BCUT2D eigenvalue weighted by Gasteiger charge is 2.28. The van der Waals surface area contributed by atoms with Gasteiger partial charge in [-0.2, -0.15) is 5.10 Å². The highest BCUT2D eigenvalue weighted by molar-refractivity contribution is 9.10. The molecule has 1 aliphatic rings. The van der Waals surface area contributed by atoms with Crippen LogP contribution in [0.5, 0.6) is 0 Å². The number of hydrogen-bond donors (Lipinski definition) is 3. The number of carbonyl (C=O) groups excluding carboxylic acids is 3. The fourth-order valence-corrected chi connectivity index (χ4v) is 4.09. The minimum absolute atomic E-state index is 0.0992. The zero-order chi connectivity index (χ0) is 24.1. The van der Waals surface area contributed by atoms with Gasteiger partial charge in [0.05, 0.1) is 17.7 Å². The van der Waals surface area contributed by atoms with Gasteiger partial charge >= 0.3 is 5.91 Å². The van der Waals surface area contributed by atoms with Crippen molar-refractivity contribution in [2.45, 2.75) is 32.6 Å². The Morgan fingerprint density at radius 3 is 2.65 bits per heavy atom. The molecule has 3 aromatic rings. The summed E-state index contributed by atoms with van der Waals surface area (Å²) in [4.78, 5) is 41.2. The van der Waals surface area contributed by atoms with E-state index in [1.165, 1.54) is 6.20 Å². The van der Waals surface area contributed by atoms with E-state index in [0.717, 1.165) is 12.0 Å². The third-order valence-corrected chi connectivity index (χ3v) is 5.75. The van der Waals surface area contributed by atoms with Crippen LogP contribution in [0.25, 0.3) is 0 Å². The van der Waals surface area contributed by atoms with Gasteiger partial charge in [0.2, 0.25) is 5.91 Å². The van der Waals surface area contributed by atoms with Crippen LogP contribution >= 0.6 is 15.9 Å². The molecule has 2 aromatic heterocycles. The molecule has 0 fully saturated rings. The average molecular weight is 524 g/mol. The lowest BCUT2D eigenvalue weighted by molar-refractivity contribution is -0.121. The molecule has 0 saturated heterocycles. The van der Waals surface area contributed by atoms with Crippen LogP contribution in [0.2, 0.25) is 0 Å². The Hall–Kier alpha value is -3.79. The second-order valence-electron chi connectivity index (χ2n) is 7.76. The van der Waals surface area contributed by atoms with Crippen molar-refractivity contribution in [1.82, 2.24) is 21.3 Å². The number of furan rings is 1. The number of amides is 3. The van der Waals surface area contributed by atoms with E-state index < -0.39 is 11.8 Å². The number of aryl methyl sites for hydroxylation is 1. The molecule has 0 saturated carbocycles. The highest BCUT2D eigenvalue weighted by Crippen LogP contribution is 2.29. The van der Waals surface area contributed by atoms with Gasteiger partial charge in [-0.3, -0.25) is 30.2 Å². The fraction of sp³-hybridized carbons (Fsp3) is 0.208. The number of hydrogen-bond acceptors (Lipinski definition) is 6. The number of aromatic nitrogens is 1. The van der Waals surface area contributed by atoms with Crippen molar-refractivity contribution in [2.75, 3.05) is 0 Å². The molecule has 0 bridgehead atoms. The minimum atomic E-state index is -0.558. The molecule has 174 valence electrons. The quantitative estimate of drug-likeness (QED) is 0.442. The van der Waals surface area contributed by atoms with Gasteiger partial charge in [-0.25, -0.2) is 5.43 Å². The molecule has 34 heavy (non-hydrogen) atoms. The monoisotopic (exact) mass is 523 g/mol. The Bertz CT molecular complexity index is 1270. The summed E-state index contributed by atoms with van der Waals surface area (Å²) < 4.78 is 6.50. The smallest absolute Gasteiger partial charge is 0.305 e. The highest BCUT2D eigenvalue weighted by atomic mass is 79.9. The van der Waals surface area contributed by atoms with E-state index in [1.54, 1.807) is 19.2 Å². The van der Waals surface area contributed by atoms with Gasteiger partial charge in [0.15, 0.2) is 5.76 Å². The van der Waals surface area contributed by atoms with Crippen molar-refractivity contribution in [3.8, 4) is 0 Å². The Morgan fingerprint density at radius 2 is 1.88 bits per heavy atom. The first-order valence-corrected chi connectivity index (χ1v) is 11.4. The maximum absolute atomic E-state index is 12.7. The van der Waals surface area contributed by atoms with Gasteiger partial charge in [0.1, 0.15) is 5.76 Å². The third kappa shape index (κ3) is 5.40. The molecule has 3 amide bonds. The summed E-state index contributed by atoms with van der Waals surface area (Å²) in [5, 5.41) is 4.30. The van der Waals surface area contributed by atoms with E-state index in [0.29, 0.717) is 45.5 Å². The number of hydrazone groups is 1. The molecule has 2 heterocycles. The maximum atomic E-state index is 12.7. The van der Waals surface area contributed by atoms with Gasteiger partial charge in [0, 0.05) is 34.4 Å². The molecule has 3 N–H and O–H groups in total. The second kappa shape index (κ2) is 10.4. The molecule has 0 spiro atoms. The second-order valence-corrected chi connectivity index (χ2v) is 8.68. The lowest BCUT2D eigenvalue weighted by Gasteiger charge is -2.13. The topological polar surface area (TPSA) is 126 Å². The van der Waals surface area contributed by atoms with Crippen LogP contribution in [-0.4, -0.2) is 28.4 Å². The Morgan fingerprint density at radius 1 is 1.09 bits per heavy atom. The summed E-state index contributed by atoms with van der Waals surface area (Å²) in [6, 6.07) is 10.9. The van der Waals surface area contributed by atoms with Crippen molar-refractivity contribution in [1.29, 1.82) is 0 Å². The van der Waals surface area contributed by atoms with Gasteiger partial charge in [-0.15, -0.1) is 0 Å². The van der Waals surface area contributed by atoms with Gasteiger partial charge in [-0.05, 0) is 47.3 Å². The van der Waals surface area contributed by atoms with Crippen LogP contribution in [0, 0.1) is 6.92 Å². The van der Waals surface area contributed by atoms with Crippen molar-refractivity contribution < 1.29 is 18.8 Å². The van der Waals surface area contributed by atoms with Crippen LogP contribution < -0.4 is 16.3 Å². The number of nitrogens with one attached hydrogen (secondary N) is 3. The van der Waals surface area contributed by atoms with E-state index in [9.17, 15) is 14.4 Å². The van der Waals surface area contributed by atoms with Crippen molar-refractivity contribution >= 4 is 39.4 Å². The van der Waals surface area contributed by atoms with Crippen LogP contribution in [0.1, 0.15) is 56.2 Å². The summed E-state index contributed by atoms with van der Waals surface area (Å²) in [5.41, 5.74) is 10.5. The molecule has 9 nitrogen and oxygen atoms in total. The SMILES string of the molecule is Cc1c(C(=O)NNC(=O)Cc2ccccc2)oc2c1/C(=N/NC(=O)c1cncc(Br)c1)CCC2. The summed E-state index contributed by atoms with van der Waals surface area (Å²) in [5.74, 6) is -0.574. The number of benzene rings is 1. The van der Waals surface area contributed by atoms with Crippen LogP contribution in [0.4, 0.5) is 0 Å². The van der Waals surface area contributed by atoms with Gasteiger partial charge in [0.25, 0.3) is 5.91 Å². The predicted octanol–water partition coefficient (Wildman–Crippen LogP) is 3.22. The first-order chi connectivity index (χ1) is 16.4. The van der Waals surface area contributed by atoms with Crippen LogP contribution in [0.3, 0.4) is 0 Å². The van der Waals surface area contributed by atoms with Gasteiger partial charge < -0.3 is 4.42 Å². The lowest BCUT2D eigenvalue weighted by atomic mass is 9.93. The normalized spacial score (nSPS) is 13.8. The molecule has 1 aromatic carbocycles. The van der Waals surface area contributed by atoms with Crippen molar-refractivity contribution in [3.05, 3.63) is 87.0 Å². The molecular weight excluding hydrogens is 502 g/mol. The number of fused-ring (bicyclic) bond motifs is 1. The minimum Gasteiger partial charge on any atom is -0.455 e. The summed E-state index contributed by atoms with van der Waals surface area (Å²) >= 11 is 3.29. The molecular formula is C24H22BrN5O4. The number of nitrogens with zero attached hydrogens (tertiary/aromatic N) is 2. The Labute approximate surface area is 204 Å². The zero-order valence-corrected chi connectivity index (χ0v) is 19.9. The molecule has 4 rings (SSSR count). The van der Waals surface area contributed by atoms with Crippen molar-refractivity contribution in [2.24, 2.45) is 5.10 Å². The van der Waals surface area contributed by atoms with E-state index >= 15 is 0 Å². The van der Waals surface area contributed by atoms with E-state index in [4.69, 9.17) is 4.42 Å². The molecule has 0 radical (unpaired) electrons. The lowest BCUT2D eigenvalue weighted by Crippen LogP contribution is -2.42. The Balaban J connectivity index is 1.44. The summed E-state index contributed by atoms with van der Waals surface area (Å²) in [7, 11) is 0. The number of pyridine rings is 1. The van der Waals surface area contributed by atoms with E-state index in [2.05, 4.69) is 42.3 Å². The molecule has 0 aliphatic heterocycles. The first kappa shape index (κ1) is 23.4. The Kier molecular flexibility index (Phi) is 7.17. The van der Waals surface area contributed by atoms with Gasteiger partial charge in [-0.1, -0.05) is 30.3 Å². The van der Waals surface area contributed by atoms with E-state index in [1.807, 2.05) is 30.3 Å². The maximum Gasteiger partial charge on any atom is 0.305 e. The molecule has 1 aliphatic carbocycles. The number of carbonyl (C=O) groups is 3. The summed E-state index contributed by atoms with van der Waals surface area (Å²) in [6.45, 7) is 1.75. The van der Waals surface area contributed by atoms with E-state index in [-0.39, 0.29) is 18.1 Å². The zero-order valence-electron chi connectivity index (χ0n) is 18.4. The predicted molar refractivity (Wildman–Crippen MR) is 128 cm³/mol. The summed E-state index contributed by atoms with van der Waals surface area (Å²) in [6.07, 6.45) is 5.21. The molecule has 0 atom stereocenters. The number of rotatable bonds is 5. The van der Waals surface area contributed by atoms with Crippen molar-refractivity contribution in [3.63, 3.8) is 0 Å². The number of halogens is 1. The van der Waals surface area contributed by atoms with Crippen LogP contribution in [0.15, 0.2) is 62.8 Å². The third-order valence-electron chi connectivity index (χ3n) is 5.31. The molecule has 0 unspecified atom stereocenters. The molecule has 10 heteroatoms. The van der Waals surface area contributed by atoms with Crippen LogP contribution in [-0.2, 0) is 17.6 Å².